The van der Waals surface area contributed by atoms with Crippen molar-refractivity contribution in [1.29, 1.82) is 0 Å². The molecule has 4 nitrogen and oxygen atoms in total. The summed E-state index contributed by atoms with van der Waals surface area (Å²) in [6.07, 6.45) is 3.13. The van der Waals surface area contributed by atoms with Gasteiger partial charge in [-0.25, -0.2) is 0 Å². The van der Waals surface area contributed by atoms with Crippen LogP contribution in [0, 0.1) is 0 Å². The zero-order valence-corrected chi connectivity index (χ0v) is 11.3. The van der Waals surface area contributed by atoms with Crippen LogP contribution in [0.4, 0.5) is 0 Å². The fourth-order valence-corrected chi connectivity index (χ4v) is 2.27. The van der Waals surface area contributed by atoms with Crippen molar-refractivity contribution in [2.45, 2.75) is 32.3 Å². The Morgan fingerprint density at radius 2 is 2.44 bits per heavy atom. The maximum absolute atomic E-state index is 12.2. The minimum Gasteiger partial charge on any atom is -0.440 e. The van der Waals surface area contributed by atoms with Gasteiger partial charge >= 0.3 is 0 Å². The number of halogens is 1. The molecule has 100 valence electrons. The molecule has 2 rings (SSSR count). The Hall–Kier alpha value is -1.00. The molecule has 0 N–H and O–H groups in total. The van der Waals surface area contributed by atoms with E-state index in [0.717, 1.165) is 32.4 Å². The third-order valence-electron chi connectivity index (χ3n) is 3.01. The SMILES string of the molecule is CCCOC1CCCN(C(=O)c2ccc(Cl)o2)C1. The largest absolute Gasteiger partial charge is 0.440 e. The first-order valence-electron chi connectivity index (χ1n) is 6.37. The summed E-state index contributed by atoms with van der Waals surface area (Å²) in [7, 11) is 0. The van der Waals surface area contributed by atoms with Gasteiger partial charge in [-0.05, 0) is 43.0 Å². The monoisotopic (exact) mass is 271 g/mol. The summed E-state index contributed by atoms with van der Waals surface area (Å²) in [5.41, 5.74) is 0. The fraction of sp³-hybridized carbons (Fsp3) is 0.615. The molecule has 1 unspecified atom stereocenters. The molecule has 5 heteroatoms. The first kappa shape index (κ1) is 13.4. The highest BCUT2D eigenvalue weighted by molar-refractivity contribution is 6.29. The van der Waals surface area contributed by atoms with Crippen molar-refractivity contribution in [3.63, 3.8) is 0 Å². The number of piperidine rings is 1. The Kier molecular flexibility index (Phi) is 4.66. The van der Waals surface area contributed by atoms with E-state index >= 15 is 0 Å². The number of furan rings is 1. The normalized spacial score (nSPS) is 20.1. The van der Waals surface area contributed by atoms with E-state index < -0.39 is 0 Å². The van der Waals surface area contributed by atoms with Crippen LogP contribution in [-0.2, 0) is 4.74 Å². The van der Waals surface area contributed by atoms with E-state index in [-0.39, 0.29) is 17.2 Å². The van der Waals surface area contributed by atoms with Gasteiger partial charge in [-0.1, -0.05) is 6.92 Å². The Balaban J connectivity index is 1.94. The van der Waals surface area contributed by atoms with Gasteiger partial charge in [-0.2, -0.15) is 0 Å². The summed E-state index contributed by atoms with van der Waals surface area (Å²) in [6, 6.07) is 3.20. The maximum atomic E-state index is 12.2. The minimum atomic E-state index is -0.105. The number of hydrogen-bond acceptors (Lipinski definition) is 3. The number of rotatable bonds is 4. The van der Waals surface area contributed by atoms with Crippen molar-refractivity contribution in [3.05, 3.63) is 23.1 Å². The number of nitrogens with zero attached hydrogens (tertiary/aromatic N) is 1. The van der Waals surface area contributed by atoms with Crippen LogP contribution < -0.4 is 0 Å². The zero-order valence-electron chi connectivity index (χ0n) is 10.5. The highest BCUT2D eigenvalue weighted by Crippen LogP contribution is 2.19. The summed E-state index contributed by atoms with van der Waals surface area (Å²) < 4.78 is 10.9. The minimum absolute atomic E-state index is 0.105. The summed E-state index contributed by atoms with van der Waals surface area (Å²) in [6.45, 7) is 4.22. The van der Waals surface area contributed by atoms with Crippen LogP contribution in [0.2, 0.25) is 5.22 Å². The molecule has 1 aromatic rings. The fourth-order valence-electron chi connectivity index (χ4n) is 2.13. The quantitative estimate of drug-likeness (QED) is 0.846. The van der Waals surface area contributed by atoms with E-state index in [1.807, 2.05) is 0 Å². The molecule has 0 saturated carbocycles. The Bertz CT molecular complexity index is 405. The van der Waals surface area contributed by atoms with Crippen LogP contribution in [0.3, 0.4) is 0 Å². The van der Waals surface area contributed by atoms with Gasteiger partial charge in [0.25, 0.3) is 5.91 Å². The molecule has 0 aliphatic carbocycles. The van der Waals surface area contributed by atoms with Crippen LogP contribution in [-0.4, -0.2) is 36.6 Å². The lowest BCUT2D eigenvalue weighted by atomic mass is 10.1. The molecule has 1 fully saturated rings. The van der Waals surface area contributed by atoms with E-state index in [4.69, 9.17) is 20.8 Å². The summed E-state index contributed by atoms with van der Waals surface area (Å²) in [5.74, 6) is 0.197. The van der Waals surface area contributed by atoms with Gasteiger partial charge in [-0.15, -0.1) is 0 Å². The van der Waals surface area contributed by atoms with E-state index in [0.29, 0.717) is 12.3 Å². The lowest BCUT2D eigenvalue weighted by Gasteiger charge is -2.32. The maximum Gasteiger partial charge on any atom is 0.289 e. The Morgan fingerprint density at radius 1 is 1.61 bits per heavy atom. The molecule has 1 aromatic heterocycles. The topological polar surface area (TPSA) is 42.7 Å². The van der Waals surface area contributed by atoms with Crippen LogP contribution in [0.15, 0.2) is 16.5 Å². The Morgan fingerprint density at radius 3 is 3.11 bits per heavy atom. The standard InChI is InChI=1S/C13H18ClNO3/c1-2-8-17-10-4-3-7-15(9-10)13(16)11-5-6-12(14)18-11/h5-6,10H,2-4,7-9H2,1H3. The predicted molar refractivity (Wildman–Crippen MR) is 68.9 cm³/mol. The smallest absolute Gasteiger partial charge is 0.289 e. The van der Waals surface area contributed by atoms with Crippen molar-refractivity contribution >= 4 is 17.5 Å². The predicted octanol–water partition coefficient (Wildman–Crippen LogP) is 2.96. The highest BCUT2D eigenvalue weighted by Gasteiger charge is 2.26. The third-order valence-corrected chi connectivity index (χ3v) is 3.21. The van der Waals surface area contributed by atoms with Crippen molar-refractivity contribution in [2.24, 2.45) is 0 Å². The number of hydrogen-bond donors (Lipinski definition) is 0. The van der Waals surface area contributed by atoms with Crippen LogP contribution in [0.1, 0.15) is 36.7 Å². The molecule has 18 heavy (non-hydrogen) atoms. The second-order valence-electron chi connectivity index (χ2n) is 4.49. The first-order valence-corrected chi connectivity index (χ1v) is 6.74. The van der Waals surface area contributed by atoms with Crippen molar-refractivity contribution in [1.82, 2.24) is 4.90 Å². The number of likely N-dealkylation sites (tertiary alicyclic amines) is 1. The molecule has 1 amide bonds. The molecule has 1 aliphatic rings. The molecule has 1 aliphatic heterocycles. The molecular weight excluding hydrogens is 254 g/mol. The third kappa shape index (κ3) is 3.27. The van der Waals surface area contributed by atoms with Gasteiger partial charge in [0.15, 0.2) is 11.0 Å². The van der Waals surface area contributed by atoms with Crippen LogP contribution in [0.25, 0.3) is 0 Å². The van der Waals surface area contributed by atoms with E-state index in [1.54, 1.807) is 17.0 Å². The molecule has 0 radical (unpaired) electrons. The van der Waals surface area contributed by atoms with Crippen molar-refractivity contribution < 1.29 is 13.9 Å². The van der Waals surface area contributed by atoms with Crippen molar-refractivity contribution in [3.8, 4) is 0 Å². The molecule has 0 bridgehead atoms. The average Bonchev–Trinajstić information content (AvgIpc) is 2.82. The molecule has 1 saturated heterocycles. The second-order valence-corrected chi connectivity index (χ2v) is 4.86. The first-order chi connectivity index (χ1) is 8.70. The summed E-state index contributed by atoms with van der Waals surface area (Å²) in [5, 5.41) is 0.245. The van der Waals surface area contributed by atoms with Gasteiger partial charge in [0, 0.05) is 19.7 Å². The molecule has 0 spiro atoms. The van der Waals surface area contributed by atoms with Gasteiger partial charge in [0.2, 0.25) is 0 Å². The second kappa shape index (κ2) is 6.25. The summed E-state index contributed by atoms with van der Waals surface area (Å²) >= 11 is 5.68. The van der Waals surface area contributed by atoms with Crippen LogP contribution >= 0.6 is 11.6 Å². The number of amides is 1. The summed E-state index contributed by atoms with van der Waals surface area (Å²) in [4.78, 5) is 13.9. The molecule has 1 atom stereocenters. The zero-order chi connectivity index (χ0) is 13.0. The molecular formula is C13H18ClNO3. The van der Waals surface area contributed by atoms with E-state index in [9.17, 15) is 4.79 Å². The average molecular weight is 272 g/mol. The molecule has 2 heterocycles. The lowest BCUT2D eigenvalue weighted by molar-refractivity contribution is 0.00116. The van der Waals surface area contributed by atoms with E-state index in [2.05, 4.69) is 6.92 Å². The van der Waals surface area contributed by atoms with Crippen LogP contribution in [0.5, 0.6) is 0 Å². The van der Waals surface area contributed by atoms with Crippen molar-refractivity contribution in [2.75, 3.05) is 19.7 Å². The molecule has 0 aromatic carbocycles. The number of carbonyl (C=O) groups excluding carboxylic acids is 1. The van der Waals surface area contributed by atoms with Gasteiger partial charge in [-0.3, -0.25) is 4.79 Å². The van der Waals surface area contributed by atoms with Gasteiger partial charge < -0.3 is 14.1 Å². The van der Waals surface area contributed by atoms with Gasteiger partial charge in [0.05, 0.1) is 6.10 Å². The lowest BCUT2D eigenvalue weighted by Crippen LogP contribution is -2.43. The van der Waals surface area contributed by atoms with Gasteiger partial charge in [0.1, 0.15) is 0 Å². The van der Waals surface area contributed by atoms with E-state index in [1.165, 1.54) is 0 Å². The highest BCUT2D eigenvalue weighted by atomic mass is 35.5. The number of ether oxygens (including phenoxy) is 1. The number of carbonyl (C=O) groups is 1. The Labute approximate surface area is 112 Å².